The molecular formula is C34H37FN6O3S. The summed E-state index contributed by atoms with van der Waals surface area (Å²) in [6.07, 6.45) is 5.78. The number of thiophene rings is 1. The number of benzene rings is 2. The topological polar surface area (TPSA) is 99.6 Å². The third-order valence-electron chi connectivity index (χ3n) is 8.80. The van der Waals surface area contributed by atoms with E-state index in [9.17, 15) is 14.4 Å². The number of aromatic nitrogens is 2. The Kier molecular flexibility index (Phi) is 8.56. The van der Waals surface area contributed by atoms with Gasteiger partial charge in [0.1, 0.15) is 11.9 Å². The van der Waals surface area contributed by atoms with Gasteiger partial charge in [-0.1, -0.05) is 12.1 Å². The second-order valence-electron chi connectivity index (χ2n) is 11.8. The van der Waals surface area contributed by atoms with Crippen LogP contribution in [0, 0.1) is 12.7 Å². The van der Waals surface area contributed by atoms with E-state index in [0.29, 0.717) is 40.5 Å². The van der Waals surface area contributed by atoms with E-state index in [1.165, 1.54) is 32.4 Å². The molecule has 9 nitrogen and oxygen atoms in total. The lowest BCUT2D eigenvalue weighted by molar-refractivity contribution is -0.140. The lowest BCUT2D eigenvalue weighted by atomic mass is 9.99. The number of anilines is 3. The van der Waals surface area contributed by atoms with Crippen LogP contribution in [0.5, 0.6) is 0 Å². The Bertz CT molecular complexity index is 1810. The maximum atomic E-state index is 15.1. The number of fused-ring (bicyclic) bond motifs is 1. The number of nitrogens with one attached hydrogen (secondary N) is 2. The first-order valence-corrected chi connectivity index (χ1v) is 16.1. The quantitative estimate of drug-likeness (QED) is 0.274. The molecule has 2 aromatic heterocycles. The molecule has 0 radical (unpaired) electrons. The first-order chi connectivity index (χ1) is 21.6. The molecule has 6 rings (SSSR count). The molecule has 11 heteroatoms. The summed E-state index contributed by atoms with van der Waals surface area (Å²) in [5.41, 5.74) is 4.03. The van der Waals surface area contributed by atoms with Gasteiger partial charge in [0.15, 0.2) is 5.82 Å². The summed E-state index contributed by atoms with van der Waals surface area (Å²) < 4.78 is 16.5. The van der Waals surface area contributed by atoms with Gasteiger partial charge in [-0.15, -0.1) is 11.3 Å². The van der Waals surface area contributed by atoms with Gasteiger partial charge < -0.3 is 20.1 Å². The Morgan fingerprint density at radius 3 is 2.56 bits per heavy atom. The van der Waals surface area contributed by atoms with Crippen LogP contribution in [0.2, 0.25) is 0 Å². The highest BCUT2D eigenvalue weighted by molar-refractivity contribution is 7.14. The summed E-state index contributed by atoms with van der Waals surface area (Å²) >= 11 is 1.48. The molecule has 2 N–H and O–H groups in total. The van der Waals surface area contributed by atoms with Crippen molar-refractivity contribution in [1.82, 2.24) is 19.4 Å². The van der Waals surface area contributed by atoms with Crippen molar-refractivity contribution in [3.05, 3.63) is 91.3 Å². The first-order valence-electron chi connectivity index (χ1n) is 15.3. The molecule has 1 aliphatic heterocycles. The van der Waals surface area contributed by atoms with Crippen LogP contribution in [0.4, 0.5) is 21.6 Å². The molecule has 0 saturated carbocycles. The third-order valence-corrected chi connectivity index (χ3v) is 10.0. The van der Waals surface area contributed by atoms with E-state index >= 15 is 4.39 Å². The molecule has 0 bridgehead atoms. The predicted molar refractivity (Wildman–Crippen MR) is 176 cm³/mol. The van der Waals surface area contributed by atoms with Crippen molar-refractivity contribution in [3.63, 3.8) is 0 Å². The van der Waals surface area contributed by atoms with E-state index < -0.39 is 5.82 Å². The molecule has 1 atom stereocenters. The molecule has 1 aliphatic carbocycles. The van der Waals surface area contributed by atoms with Crippen molar-refractivity contribution in [3.8, 4) is 11.3 Å². The molecule has 45 heavy (non-hydrogen) atoms. The highest BCUT2D eigenvalue weighted by atomic mass is 32.1. The van der Waals surface area contributed by atoms with Gasteiger partial charge in [0.25, 0.3) is 11.5 Å². The Morgan fingerprint density at radius 2 is 1.82 bits per heavy atom. The van der Waals surface area contributed by atoms with Gasteiger partial charge in [-0.05, 0) is 93.6 Å². The maximum absolute atomic E-state index is 15.1. The average molecular weight is 629 g/mol. The molecule has 4 aromatic rings. The number of halogens is 1. The molecule has 1 unspecified atom stereocenters. The Morgan fingerprint density at radius 1 is 1.07 bits per heavy atom. The van der Waals surface area contributed by atoms with Crippen LogP contribution in [0.3, 0.4) is 0 Å². The molecule has 2 amide bonds. The Hall–Kier alpha value is -4.35. The van der Waals surface area contributed by atoms with E-state index in [4.69, 9.17) is 0 Å². The summed E-state index contributed by atoms with van der Waals surface area (Å²) in [6.45, 7) is 5.89. The largest absolute Gasteiger partial charge is 0.340 e. The minimum atomic E-state index is -0.543. The summed E-state index contributed by atoms with van der Waals surface area (Å²) in [4.78, 5) is 49.6. The van der Waals surface area contributed by atoms with Gasteiger partial charge in [0, 0.05) is 49.0 Å². The van der Waals surface area contributed by atoms with Gasteiger partial charge in [-0.3, -0.25) is 19.3 Å². The van der Waals surface area contributed by atoms with Crippen LogP contribution in [-0.4, -0.2) is 57.8 Å². The van der Waals surface area contributed by atoms with Gasteiger partial charge in [-0.2, -0.15) is 0 Å². The monoisotopic (exact) mass is 628 g/mol. The first kappa shape index (κ1) is 30.7. The van der Waals surface area contributed by atoms with E-state index in [0.717, 1.165) is 37.8 Å². The van der Waals surface area contributed by atoms with E-state index in [2.05, 4.69) is 15.6 Å². The smallest absolute Gasteiger partial charge is 0.293 e. The minimum Gasteiger partial charge on any atom is -0.340 e. The number of carbonyl (C=O) groups is 2. The molecule has 0 spiro atoms. The van der Waals surface area contributed by atoms with Crippen LogP contribution in [0.1, 0.15) is 57.0 Å². The normalized spacial score (nSPS) is 16.9. The molecule has 3 heterocycles. The fraction of sp³-hybridized carbons (Fsp3) is 0.353. The zero-order valence-corrected chi connectivity index (χ0v) is 26.8. The van der Waals surface area contributed by atoms with Crippen LogP contribution >= 0.6 is 11.3 Å². The molecule has 1 fully saturated rings. The van der Waals surface area contributed by atoms with Crippen LogP contribution in [0.15, 0.2) is 53.5 Å². The van der Waals surface area contributed by atoms with Crippen molar-refractivity contribution in [2.45, 2.75) is 45.6 Å². The zero-order chi connectivity index (χ0) is 31.8. The molecule has 2 aromatic carbocycles. The Labute approximate surface area is 265 Å². The van der Waals surface area contributed by atoms with Crippen molar-refractivity contribution in [1.29, 1.82) is 0 Å². The highest BCUT2D eigenvalue weighted by Gasteiger charge is 2.33. The number of piperazine rings is 1. The number of nitrogens with zero attached hydrogens (tertiary/aromatic N) is 4. The Balaban J connectivity index is 1.25. The number of hydrogen-bond donors (Lipinski definition) is 2. The third kappa shape index (κ3) is 6.02. The standard InChI is InChI=1S/C34H37FN6O3S/c1-5-41-17-16-39(3)30(33(41)43)21-10-12-23(13-11-21)36-31-34(44)40(4)19-26(37-31)24-14-15-25(35)29(20(24)2)38-32(42)28-18-22-8-6-7-9-27(22)45-28/h10-15,18-19,30H,5-9,16-17H2,1-4H3,(H,36,37)(H,38,42). The van der Waals surface area contributed by atoms with Gasteiger partial charge in [-0.25, -0.2) is 9.37 Å². The summed E-state index contributed by atoms with van der Waals surface area (Å²) in [5, 5.41) is 5.92. The predicted octanol–water partition coefficient (Wildman–Crippen LogP) is 5.67. The molecule has 234 valence electrons. The van der Waals surface area contributed by atoms with Crippen LogP contribution in [0.25, 0.3) is 11.3 Å². The summed E-state index contributed by atoms with van der Waals surface area (Å²) in [7, 11) is 3.58. The number of amides is 2. The second kappa shape index (κ2) is 12.6. The zero-order valence-electron chi connectivity index (χ0n) is 25.9. The fourth-order valence-electron chi connectivity index (χ4n) is 6.18. The number of rotatable bonds is 7. The highest BCUT2D eigenvalue weighted by Crippen LogP contribution is 2.33. The second-order valence-corrected chi connectivity index (χ2v) is 12.9. The molecule has 2 aliphatic rings. The number of aryl methyl sites for hydroxylation is 3. The van der Waals surface area contributed by atoms with Crippen LogP contribution < -0.4 is 16.2 Å². The van der Waals surface area contributed by atoms with E-state index in [-0.39, 0.29) is 34.9 Å². The maximum Gasteiger partial charge on any atom is 0.293 e. The molecule has 1 saturated heterocycles. The number of hydrogen-bond acceptors (Lipinski definition) is 7. The van der Waals surface area contributed by atoms with Crippen molar-refractivity contribution >= 4 is 40.3 Å². The lowest BCUT2D eigenvalue weighted by Crippen LogP contribution is -2.50. The van der Waals surface area contributed by atoms with Gasteiger partial charge in [0.05, 0.1) is 16.3 Å². The number of likely N-dealkylation sites (N-methyl/N-ethyl adjacent to an activating group) is 2. The van der Waals surface area contributed by atoms with E-state index in [1.807, 2.05) is 54.1 Å². The van der Waals surface area contributed by atoms with E-state index in [1.54, 1.807) is 26.2 Å². The fourth-order valence-corrected chi connectivity index (χ4v) is 7.33. The van der Waals surface area contributed by atoms with Crippen LogP contribution in [-0.2, 0) is 24.7 Å². The number of carbonyl (C=O) groups excluding carboxylic acids is 2. The van der Waals surface area contributed by atoms with Gasteiger partial charge in [0.2, 0.25) is 5.91 Å². The van der Waals surface area contributed by atoms with Crippen molar-refractivity contribution in [2.24, 2.45) is 7.05 Å². The lowest BCUT2D eigenvalue weighted by Gasteiger charge is -2.38. The SMILES string of the molecule is CCN1CCN(C)C(c2ccc(Nc3nc(-c4ccc(F)c(NC(=O)c5cc6c(s5)CCCC6)c4C)cn(C)c3=O)cc2)C1=O. The summed E-state index contributed by atoms with van der Waals surface area (Å²) in [6, 6.07) is 11.9. The van der Waals surface area contributed by atoms with Gasteiger partial charge >= 0.3 is 0 Å². The molecular weight excluding hydrogens is 591 g/mol. The average Bonchev–Trinajstić information content (AvgIpc) is 3.47. The minimum absolute atomic E-state index is 0.0786. The summed E-state index contributed by atoms with van der Waals surface area (Å²) in [5.74, 6) is -0.700. The van der Waals surface area contributed by atoms with Crippen molar-refractivity contribution < 1.29 is 14.0 Å². The van der Waals surface area contributed by atoms with Crippen molar-refractivity contribution in [2.75, 3.05) is 37.3 Å².